The topological polar surface area (TPSA) is 74.2 Å². The number of thiazole rings is 1. The predicted molar refractivity (Wildman–Crippen MR) is 73.1 cm³/mol. The number of carbonyl (C=O) groups is 1. The van der Waals surface area contributed by atoms with Gasteiger partial charge in [0, 0.05) is 24.9 Å². The zero-order valence-electron chi connectivity index (χ0n) is 11.5. The van der Waals surface area contributed by atoms with Crippen molar-refractivity contribution >= 4 is 17.4 Å². The van der Waals surface area contributed by atoms with Gasteiger partial charge in [-0.2, -0.15) is 13.2 Å². The van der Waals surface area contributed by atoms with Gasteiger partial charge in [0.05, 0.1) is 11.1 Å². The van der Waals surface area contributed by atoms with Gasteiger partial charge in [0.2, 0.25) is 0 Å². The number of carbonyl (C=O) groups excluding carboxylic acids is 1. The lowest BCUT2D eigenvalue weighted by Gasteiger charge is -2.09. The largest absolute Gasteiger partial charge is 0.434 e. The summed E-state index contributed by atoms with van der Waals surface area (Å²) in [5.74, 6) is 0. The number of nitrogens with one attached hydrogen (secondary N) is 2. The quantitative estimate of drug-likeness (QED) is 0.719. The van der Waals surface area contributed by atoms with Crippen LogP contribution in [0.4, 0.5) is 18.0 Å². The average molecular weight is 325 g/mol. The first-order valence-electron chi connectivity index (χ1n) is 6.54. The van der Waals surface area contributed by atoms with E-state index < -0.39 is 24.0 Å². The minimum absolute atomic E-state index is 0.201. The van der Waals surface area contributed by atoms with Crippen molar-refractivity contribution < 1.29 is 23.1 Å². The Bertz CT molecular complexity index is 451. The third kappa shape index (κ3) is 6.76. The lowest BCUT2D eigenvalue weighted by Crippen LogP contribution is -2.37. The molecule has 0 aliphatic carbocycles. The summed E-state index contributed by atoms with van der Waals surface area (Å²) in [7, 11) is 0. The number of rotatable bonds is 7. The van der Waals surface area contributed by atoms with Crippen molar-refractivity contribution in [1.29, 1.82) is 0 Å². The summed E-state index contributed by atoms with van der Waals surface area (Å²) >= 11 is 0.917. The summed E-state index contributed by atoms with van der Waals surface area (Å²) in [5, 5.41) is 15.7. The van der Waals surface area contributed by atoms with E-state index >= 15 is 0 Å². The Morgan fingerprint density at radius 2 is 2.10 bits per heavy atom. The van der Waals surface area contributed by atoms with Crippen molar-refractivity contribution in [3.63, 3.8) is 0 Å². The van der Waals surface area contributed by atoms with E-state index in [1.165, 1.54) is 0 Å². The van der Waals surface area contributed by atoms with Crippen LogP contribution in [0.3, 0.4) is 0 Å². The Morgan fingerprint density at radius 1 is 1.43 bits per heavy atom. The Balaban J connectivity index is 2.21. The summed E-state index contributed by atoms with van der Waals surface area (Å²) in [6.45, 7) is 2.39. The minimum Gasteiger partial charge on any atom is -0.393 e. The lowest BCUT2D eigenvalue weighted by molar-refractivity contribution is -0.140. The summed E-state index contributed by atoms with van der Waals surface area (Å²) < 4.78 is 37.0. The van der Waals surface area contributed by atoms with Crippen molar-refractivity contribution in [2.45, 2.75) is 38.5 Å². The Morgan fingerprint density at radius 3 is 2.67 bits per heavy atom. The Hall–Kier alpha value is -1.35. The molecule has 3 N–H and O–H groups in total. The molecule has 9 heteroatoms. The molecule has 0 saturated carbocycles. The molecule has 1 aromatic rings. The second kappa shape index (κ2) is 8.18. The highest BCUT2D eigenvalue weighted by molar-refractivity contribution is 7.09. The number of aromatic nitrogens is 1. The normalized spacial score (nSPS) is 13.0. The molecule has 21 heavy (non-hydrogen) atoms. The standard InChI is InChI=1S/C12H18F3N3O2S/c1-2-8(19)3-5-16-11(20)17-6-4-10-18-9(7-21-10)12(13,14)15/h7-8,19H,2-6H2,1H3,(H2,16,17,20). The molecule has 2 amide bonds. The number of halogens is 3. The van der Waals surface area contributed by atoms with Gasteiger partial charge in [-0.3, -0.25) is 0 Å². The molecule has 1 unspecified atom stereocenters. The van der Waals surface area contributed by atoms with Crippen LogP contribution in [-0.2, 0) is 12.6 Å². The molecule has 0 saturated heterocycles. The van der Waals surface area contributed by atoms with Gasteiger partial charge in [-0.25, -0.2) is 9.78 Å². The average Bonchev–Trinajstić information content (AvgIpc) is 2.87. The third-order valence-corrected chi connectivity index (χ3v) is 3.61. The summed E-state index contributed by atoms with van der Waals surface area (Å²) in [6, 6.07) is -0.411. The molecular weight excluding hydrogens is 307 g/mol. The molecule has 120 valence electrons. The summed E-state index contributed by atoms with van der Waals surface area (Å²) in [4.78, 5) is 14.8. The van der Waals surface area contributed by atoms with Gasteiger partial charge in [-0.15, -0.1) is 11.3 Å². The molecule has 0 radical (unpaired) electrons. The molecule has 0 aliphatic heterocycles. The van der Waals surface area contributed by atoms with Gasteiger partial charge in [0.1, 0.15) is 0 Å². The molecule has 1 aromatic heterocycles. The minimum atomic E-state index is -4.43. The fourth-order valence-electron chi connectivity index (χ4n) is 1.46. The Kier molecular flexibility index (Phi) is 6.90. The molecule has 1 atom stereocenters. The Labute approximate surface area is 124 Å². The van der Waals surface area contributed by atoms with Gasteiger partial charge in [0.15, 0.2) is 5.69 Å². The van der Waals surface area contributed by atoms with Gasteiger partial charge in [-0.05, 0) is 12.8 Å². The number of hydrogen-bond donors (Lipinski definition) is 3. The molecule has 0 fully saturated rings. The molecule has 0 aliphatic rings. The lowest BCUT2D eigenvalue weighted by atomic mass is 10.2. The SMILES string of the molecule is CCC(O)CCNC(=O)NCCc1nc(C(F)(F)F)cs1. The van der Waals surface area contributed by atoms with Gasteiger partial charge in [0.25, 0.3) is 0 Å². The van der Waals surface area contributed by atoms with E-state index in [1.54, 1.807) is 0 Å². The number of amides is 2. The molecule has 5 nitrogen and oxygen atoms in total. The van der Waals surface area contributed by atoms with E-state index in [0.29, 0.717) is 24.4 Å². The van der Waals surface area contributed by atoms with Crippen LogP contribution < -0.4 is 10.6 Å². The summed E-state index contributed by atoms with van der Waals surface area (Å²) in [5.41, 5.74) is -0.902. The maximum Gasteiger partial charge on any atom is 0.434 e. The molecule has 1 rings (SSSR count). The number of hydrogen-bond acceptors (Lipinski definition) is 4. The maximum absolute atomic E-state index is 12.3. The number of nitrogens with zero attached hydrogens (tertiary/aromatic N) is 1. The first kappa shape index (κ1) is 17.7. The van der Waals surface area contributed by atoms with Crippen molar-refractivity contribution in [3.05, 3.63) is 16.1 Å². The highest BCUT2D eigenvalue weighted by Gasteiger charge is 2.33. The first-order valence-corrected chi connectivity index (χ1v) is 7.42. The van der Waals surface area contributed by atoms with Crippen LogP contribution in [0.1, 0.15) is 30.5 Å². The number of aliphatic hydroxyl groups excluding tert-OH is 1. The zero-order valence-corrected chi connectivity index (χ0v) is 12.4. The van der Waals surface area contributed by atoms with E-state index in [9.17, 15) is 23.1 Å². The van der Waals surface area contributed by atoms with Crippen LogP contribution in [-0.4, -0.2) is 35.3 Å². The van der Waals surface area contributed by atoms with Crippen LogP contribution in [0.5, 0.6) is 0 Å². The second-order valence-electron chi connectivity index (χ2n) is 4.41. The zero-order chi connectivity index (χ0) is 15.9. The van der Waals surface area contributed by atoms with Crippen molar-refractivity contribution in [3.8, 4) is 0 Å². The monoisotopic (exact) mass is 325 g/mol. The summed E-state index contributed by atoms with van der Waals surface area (Å²) in [6.07, 6.45) is -3.55. The van der Waals surface area contributed by atoms with Crippen molar-refractivity contribution in [2.75, 3.05) is 13.1 Å². The van der Waals surface area contributed by atoms with E-state index in [2.05, 4.69) is 15.6 Å². The predicted octanol–water partition coefficient (Wildman–Crippen LogP) is 2.16. The van der Waals surface area contributed by atoms with E-state index in [0.717, 1.165) is 16.7 Å². The van der Waals surface area contributed by atoms with Crippen LogP contribution in [0.25, 0.3) is 0 Å². The van der Waals surface area contributed by atoms with Crippen LogP contribution in [0.2, 0.25) is 0 Å². The van der Waals surface area contributed by atoms with Crippen LogP contribution in [0, 0.1) is 0 Å². The van der Waals surface area contributed by atoms with Crippen LogP contribution >= 0.6 is 11.3 Å². The molecule has 1 heterocycles. The molecule has 0 bridgehead atoms. The van der Waals surface area contributed by atoms with E-state index in [4.69, 9.17) is 0 Å². The number of aliphatic hydroxyl groups is 1. The van der Waals surface area contributed by atoms with Crippen molar-refractivity contribution in [2.24, 2.45) is 0 Å². The van der Waals surface area contributed by atoms with E-state index in [1.807, 2.05) is 6.92 Å². The third-order valence-electron chi connectivity index (χ3n) is 2.70. The van der Waals surface area contributed by atoms with Crippen LogP contribution in [0.15, 0.2) is 5.38 Å². The van der Waals surface area contributed by atoms with Gasteiger partial charge < -0.3 is 15.7 Å². The van der Waals surface area contributed by atoms with Gasteiger partial charge >= 0.3 is 12.2 Å². The number of alkyl halides is 3. The van der Waals surface area contributed by atoms with Gasteiger partial charge in [-0.1, -0.05) is 6.92 Å². The van der Waals surface area contributed by atoms with E-state index in [-0.39, 0.29) is 13.0 Å². The maximum atomic E-state index is 12.3. The van der Waals surface area contributed by atoms with Crippen molar-refractivity contribution in [1.82, 2.24) is 15.6 Å². The second-order valence-corrected chi connectivity index (χ2v) is 5.35. The number of urea groups is 1. The fourth-order valence-corrected chi connectivity index (χ4v) is 2.26. The fraction of sp³-hybridized carbons (Fsp3) is 0.667. The smallest absolute Gasteiger partial charge is 0.393 e. The first-order chi connectivity index (χ1) is 9.82. The molecular formula is C12H18F3N3O2S. The highest BCUT2D eigenvalue weighted by atomic mass is 32.1. The highest BCUT2D eigenvalue weighted by Crippen LogP contribution is 2.29. The molecule has 0 aromatic carbocycles. The molecule has 0 spiro atoms.